The maximum Gasteiger partial charge on any atom is 0.130 e. The molecule has 0 fully saturated rings. The van der Waals surface area contributed by atoms with Gasteiger partial charge in [0, 0.05) is 0 Å². The lowest BCUT2D eigenvalue weighted by molar-refractivity contribution is 0.608. The third-order valence-electron chi connectivity index (χ3n) is 0.520. The first-order valence-corrected chi connectivity index (χ1v) is 3.13. The van der Waals surface area contributed by atoms with Crippen molar-refractivity contribution in [2.24, 2.45) is 0 Å². The molecule has 0 nitrogen and oxygen atoms in total. The Kier molecular flexibility index (Phi) is 3.78. The SMILES string of the molecule is C=C(F)C(Cl)C(Cl)Cl. The van der Waals surface area contributed by atoms with Gasteiger partial charge >= 0.3 is 0 Å². The van der Waals surface area contributed by atoms with Crippen LogP contribution < -0.4 is 0 Å². The van der Waals surface area contributed by atoms with Crippen molar-refractivity contribution in [3.63, 3.8) is 0 Å². The molecule has 1 unspecified atom stereocenters. The Hall–Kier alpha value is 0.540. The second kappa shape index (κ2) is 3.54. The van der Waals surface area contributed by atoms with Crippen LogP contribution in [-0.2, 0) is 0 Å². The van der Waals surface area contributed by atoms with Gasteiger partial charge in [-0.15, -0.1) is 34.8 Å². The molecular weight excluding hydrogens is 173 g/mol. The van der Waals surface area contributed by atoms with Crippen molar-refractivity contribution in [2.75, 3.05) is 0 Å². The molecule has 0 radical (unpaired) electrons. The fourth-order valence-electron chi connectivity index (χ4n) is 0.137. The molecule has 0 heterocycles. The zero-order valence-corrected chi connectivity index (χ0v) is 6.14. The van der Waals surface area contributed by atoms with Crippen LogP contribution in [0.15, 0.2) is 12.4 Å². The van der Waals surface area contributed by atoms with Gasteiger partial charge in [-0.2, -0.15) is 0 Å². The molecule has 48 valence electrons. The van der Waals surface area contributed by atoms with Crippen molar-refractivity contribution in [1.29, 1.82) is 0 Å². The smallest absolute Gasteiger partial charge is 0.130 e. The fourth-order valence-corrected chi connectivity index (χ4v) is 0.410. The molecule has 4 heteroatoms. The first-order chi connectivity index (χ1) is 3.55. The summed E-state index contributed by atoms with van der Waals surface area (Å²) in [5.41, 5.74) is 0. The quantitative estimate of drug-likeness (QED) is 0.569. The first-order valence-electron chi connectivity index (χ1n) is 1.82. The summed E-state index contributed by atoms with van der Waals surface area (Å²) in [4.78, 5) is -0.922. The standard InChI is InChI=1S/C4H4Cl3F/c1-2(8)3(5)4(6)7/h3-4H,1H2. The number of hydrogen-bond donors (Lipinski definition) is 0. The number of rotatable bonds is 2. The summed E-state index contributed by atoms with van der Waals surface area (Å²) in [6, 6.07) is 0. The van der Waals surface area contributed by atoms with Gasteiger partial charge in [-0.3, -0.25) is 0 Å². The highest BCUT2D eigenvalue weighted by molar-refractivity contribution is 6.48. The number of halogens is 4. The van der Waals surface area contributed by atoms with Crippen LogP contribution in [0.1, 0.15) is 0 Å². The Morgan fingerprint density at radius 2 is 1.75 bits per heavy atom. The average Bonchev–Trinajstić information content (AvgIpc) is 1.64. The molecule has 0 saturated carbocycles. The minimum atomic E-state index is -0.988. The van der Waals surface area contributed by atoms with Gasteiger partial charge in [0.05, 0.1) is 0 Å². The third-order valence-corrected chi connectivity index (χ3v) is 1.77. The van der Waals surface area contributed by atoms with E-state index in [-0.39, 0.29) is 0 Å². The zero-order valence-electron chi connectivity index (χ0n) is 3.87. The number of alkyl halides is 3. The summed E-state index contributed by atoms with van der Waals surface area (Å²) in [6.45, 7) is 2.91. The minimum Gasteiger partial charge on any atom is -0.211 e. The molecule has 0 aromatic carbocycles. The molecule has 0 rings (SSSR count). The normalized spacial score (nSPS) is 14.1. The van der Waals surface area contributed by atoms with E-state index in [4.69, 9.17) is 34.8 Å². The van der Waals surface area contributed by atoms with Gasteiger partial charge in [-0.25, -0.2) is 4.39 Å². The van der Waals surface area contributed by atoms with Crippen LogP contribution in [0.4, 0.5) is 4.39 Å². The van der Waals surface area contributed by atoms with E-state index in [1.807, 2.05) is 0 Å². The van der Waals surface area contributed by atoms with Gasteiger partial charge in [-0.05, 0) is 0 Å². The van der Waals surface area contributed by atoms with E-state index >= 15 is 0 Å². The topological polar surface area (TPSA) is 0 Å². The molecule has 0 aliphatic heterocycles. The van der Waals surface area contributed by atoms with Gasteiger partial charge < -0.3 is 0 Å². The van der Waals surface area contributed by atoms with Gasteiger partial charge in [0.1, 0.15) is 16.0 Å². The minimum absolute atomic E-state index is 0.707. The van der Waals surface area contributed by atoms with Crippen molar-refractivity contribution in [3.8, 4) is 0 Å². The van der Waals surface area contributed by atoms with E-state index < -0.39 is 16.0 Å². The monoisotopic (exact) mass is 176 g/mol. The molecular formula is C4H4Cl3F. The zero-order chi connectivity index (χ0) is 6.73. The lowest BCUT2D eigenvalue weighted by Crippen LogP contribution is -2.07. The van der Waals surface area contributed by atoms with Crippen molar-refractivity contribution in [1.82, 2.24) is 0 Å². The average molecular weight is 177 g/mol. The Morgan fingerprint density at radius 1 is 1.38 bits per heavy atom. The predicted molar refractivity (Wildman–Crippen MR) is 35.4 cm³/mol. The largest absolute Gasteiger partial charge is 0.211 e. The molecule has 0 spiro atoms. The highest BCUT2D eigenvalue weighted by Gasteiger charge is 2.16. The molecule has 0 bridgehead atoms. The van der Waals surface area contributed by atoms with Crippen LogP contribution in [0.5, 0.6) is 0 Å². The Morgan fingerprint density at radius 3 is 1.75 bits per heavy atom. The van der Waals surface area contributed by atoms with Crippen LogP contribution in [0, 0.1) is 0 Å². The fraction of sp³-hybridized carbons (Fsp3) is 0.500. The third kappa shape index (κ3) is 2.75. The van der Waals surface area contributed by atoms with Gasteiger partial charge in [0.25, 0.3) is 0 Å². The van der Waals surface area contributed by atoms with Crippen molar-refractivity contribution in [2.45, 2.75) is 10.2 Å². The molecule has 0 aromatic heterocycles. The Balaban J connectivity index is 3.64. The van der Waals surface area contributed by atoms with E-state index in [0.29, 0.717) is 0 Å². The molecule has 0 N–H and O–H groups in total. The summed E-state index contributed by atoms with van der Waals surface area (Å²) in [7, 11) is 0. The lowest BCUT2D eigenvalue weighted by Gasteiger charge is -2.03. The van der Waals surface area contributed by atoms with Gasteiger partial charge in [0.2, 0.25) is 0 Å². The summed E-state index contributed by atoms with van der Waals surface area (Å²) in [6.07, 6.45) is 0. The first kappa shape index (κ1) is 8.54. The van der Waals surface area contributed by atoms with E-state index in [9.17, 15) is 4.39 Å². The van der Waals surface area contributed by atoms with Crippen molar-refractivity contribution >= 4 is 34.8 Å². The van der Waals surface area contributed by atoms with Gasteiger partial charge in [0.15, 0.2) is 0 Å². The predicted octanol–water partition coefficient (Wildman–Crippen LogP) is 2.88. The molecule has 0 amide bonds. The number of allylic oxidation sites excluding steroid dienone is 1. The summed E-state index contributed by atoms with van der Waals surface area (Å²) >= 11 is 15.5. The van der Waals surface area contributed by atoms with Crippen molar-refractivity contribution < 1.29 is 4.39 Å². The van der Waals surface area contributed by atoms with E-state index in [2.05, 4.69) is 6.58 Å². The molecule has 0 saturated heterocycles. The maximum absolute atomic E-state index is 11.9. The van der Waals surface area contributed by atoms with Crippen LogP contribution in [-0.4, -0.2) is 10.2 Å². The second-order valence-corrected chi connectivity index (χ2v) is 2.82. The molecule has 8 heavy (non-hydrogen) atoms. The molecule has 0 aromatic rings. The molecule has 1 atom stereocenters. The highest BCUT2D eigenvalue weighted by Crippen LogP contribution is 2.20. The lowest BCUT2D eigenvalue weighted by atomic mass is 10.4. The van der Waals surface area contributed by atoms with E-state index in [1.54, 1.807) is 0 Å². The second-order valence-electron chi connectivity index (χ2n) is 1.18. The van der Waals surface area contributed by atoms with Crippen LogP contribution in [0.3, 0.4) is 0 Å². The highest BCUT2D eigenvalue weighted by atomic mass is 35.5. The van der Waals surface area contributed by atoms with Crippen molar-refractivity contribution in [3.05, 3.63) is 12.4 Å². The number of hydrogen-bond acceptors (Lipinski definition) is 0. The van der Waals surface area contributed by atoms with E-state index in [0.717, 1.165) is 0 Å². The van der Waals surface area contributed by atoms with Gasteiger partial charge in [-0.1, -0.05) is 6.58 Å². The van der Waals surface area contributed by atoms with E-state index in [1.165, 1.54) is 0 Å². The molecule has 0 aliphatic carbocycles. The Labute approximate surface area is 62.2 Å². The molecule has 0 aliphatic rings. The van der Waals surface area contributed by atoms with Crippen LogP contribution >= 0.6 is 34.8 Å². The van der Waals surface area contributed by atoms with Crippen LogP contribution in [0.2, 0.25) is 0 Å². The summed E-state index contributed by atoms with van der Waals surface area (Å²) in [5.74, 6) is -0.707. The Bertz CT molecular complexity index is 91.3. The van der Waals surface area contributed by atoms with Crippen LogP contribution in [0.25, 0.3) is 0 Å². The maximum atomic E-state index is 11.9. The summed E-state index contributed by atoms with van der Waals surface area (Å²) in [5, 5.41) is -0.988. The summed E-state index contributed by atoms with van der Waals surface area (Å²) < 4.78 is 11.9.